The molecule has 0 aliphatic heterocycles. The molecule has 31 heavy (non-hydrogen) atoms. The first-order valence-corrected chi connectivity index (χ1v) is 10.7. The van der Waals surface area contributed by atoms with Crippen LogP contribution in [0.3, 0.4) is 0 Å². The van der Waals surface area contributed by atoms with E-state index in [4.69, 9.17) is 16.6 Å². The van der Waals surface area contributed by atoms with Gasteiger partial charge in [-0.2, -0.15) is 5.10 Å². The first kappa shape index (κ1) is 19.7. The zero-order valence-corrected chi connectivity index (χ0v) is 17.4. The van der Waals surface area contributed by atoms with Gasteiger partial charge in [0.25, 0.3) is 0 Å². The summed E-state index contributed by atoms with van der Waals surface area (Å²) in [5.74, 6) is 0.828. The van der Waals surface area contributed by atoms with Crippen molar-refractivity contribution in [1.29, 1.82) is 0 Å². The molecule has 0 unspecified atom stereocenters. The smallest absolute Gasteiger partial charge is 0.154 e. The topological polar surface area (TPSA) is 107 Å². The van der Waals surface area contributed by atoms with Crippen molar-refractivity contribution in [2.24, 2.45) is 11.5 Å². The molecule has 3 aromatic heterocycles. The third kappa shape index (κ3) is 4.02. The van der Waals surface area contributed by atoms with E-state index < -0.39 is 5.54 Å². The number of benzene rings is 1. The SMILES string of the molecule is N[C@H]1CC[C@](N)(c2ccc3ncc(-c4ccc(NCc5ccccc5)nc4)n3n2)CC1. The lowest BCUT2D eigenvalue weighted by molar-refractivity contribution is 0.269. The van der Waals surface area contributed by atoms with Crippen LogP contribution in [0.2, 0.25) is 0 Å². The molecule has 7 nitrogen and oxygen atoms in total. The van der Waals surface area contributed by atoms with E-state index >= 15 is 0 Å². The molecule has 4 aromatic rings. The Morgan fingerprint density at radius 3 is 2.52 bits per heavy atom. The molecule has 1 aromatic carbocycles. The third-order valence-corrected chi connectivity index (χ3v) is 6.17. The number of fused-ring (bicyclic) bond motifs is 1. The van der Waals surface area contributed by atoms with E-state index in [2.05, 4.69) is 27.4 Å². The van der Waals surface area contributed by atoms with Gasteiger partial charge in [0.1, 0.15) is 5.82 Å². The van der Waals surface area contributed by atoms with Gasteiger partial charge in [-0.15, -0.1) is 0 Å². The summed E-state index contributed by atoms with van der Waals surface area (Å²) in [5, 5.41) is 8.23. The molecule has 7 heteroatoms. The molecule has 1 aliphatic carbocycles. The van der Waals surface area contributed by atoms with Gasteiger partial charge in [-0.3, -0.25) is 0 Å². The zero-order chi connectivity index (χ0) is 21.3. The van der Waals surface area contributed by atoms with Crippen LogP contribution in [0.5, 0.6) is 0 Å². The van der Waals surface area contributed by atoms with Gasteiger partial charge in [-0.05, 0) is 55.5 Å². The summed E-state index contributed by atoms with van der Waals surface area (Å²) >= 11 is 0. The van der Waals surface area contributed by atoms with Crippen molar-refractivity contribution in [2.45, 2.75) is 43.8 Å². The van der Waals surface area contributed by atoms with Crippen LogP contribution in [-0.2, 0) is 12.1 Å². The van der Waals surface area contributed by atoms with Crippen molar-refractivity contribution in [3.05, 3.63) is 78.2 Å². The number of pyridine rings is 1. The molecule has 0 bridgehead atoms. The lowest BCUT2D eigenvalue weighted by atomic mass is 9.78. The number of nitrogens with two attached hydrogens (primary N) is 2. The minimum atomic E-state index is -0.435. The van der Waals surface area contributed by atoms with Crippen LogP contribution in [0, 0.1) is 0 Å². The van der Waals surface area contributed by atoms with Crippen LogP contribution in [0.1, 0.15) is 36.9 Å². The van der Waals surface area contributed by atoms with Crippen molar-refractivity contribution in [3.8, 4) is 11.3 Å². The molecule has 0 saturated heterocycles. The van der Waals surface area contributed by atoms with Crippen molar-refractivity contribution in [3.63, 3.8) is 0 Å². The van der Waals surface area contributed by atoms with Gasteiger partial charge in [-0.1, -0.05) is 30.3 Å². The van der Waals surface area contributed by atoms with Gasteiger partial charge in [0.05, 0.1) is 23.1 Å². The largest absolute Gasteiger partial charge is 0.366 e. The predicted octanol–water partition coefficient (Wildman–Crippen LogP) is 3.46. The number of nitrogens with one attached hydrogen (secondary N) is 1. The first-order chi connectivity index (χ1) is 15.1. The Bertz CT molecular complexity index is 1160. The van der Waals surface area contributed by atoms with E-state index in [-0.39, 0.29) is 6.04 Å². The number of hydrogen-bond donors (Lipinski definition) is 3. The lowest BCUT2D eigenvalue weighted by Crippen LogP contribution is -2.44. The van der Waals surface area contributed by atoms with E-state index in [0.29, 0.717) is 0 Å². The van der Waals surface area contributed by atoms with E-state index in [1.165, 1.54) is 5.56 Å². The summed E-state index contributed by atoms with van der Waals surface area (Å²) < 4.78 is 1.87. The Morgan fingerprint density at radius 2 is 1.77 bits per heavy atom. The van der Waals surface area contributed by atoms with Crippen LogP contribution in [-0.4, -0.2) is 25.6 Å². The predicted molar refractivity (Wildman–Crippen MR) is 122 cm³/mol. The molecule has 0 atom stereocenters. The maximum Gasteiger partial charge on any atom is 0.154 e. The molecule has 158 valence electrons. The van der Waals surface area contributed by atoms with E-state index in [1.54, 1.807) is 0 Å². The Labute approximate surface area is 181 Å². The number of anilines is 1. The van der Waals surface area contributed by atoms with Gasteiger partial charge >= 0.3 is 0 Å². The van der Waals surface area contributed by atoms with Gasteiger partial charge in [0, 0.05) is 24.3 Å². The quantitative estimate of drug-likeness (QED) is 0.462. The highest BCUT2D eigenvalue weighted by Gasteiger charge is 2.34. The van der Waals surface area contributed by atoms with Gasteiger partial charge in [-0.25, -0.2) is 14.5 Å². The lowest BCUT2D eigenvalue weighted by Gasteiger charge is -2.35. The molecule has 5 N–H and O–H groups in total. The zero-order valence-electron chi connectivity index (χ0n) is 17.4. The second-order valence-electron chi connectivity index (χ2n) is 8.40. The Morgan fingerprint density at radius 1 is 0.968 bits per heavy atom. The minimum absolute atomic E-state index is 0.240. The number of hydrogen-bond acceptors (Lipinski definition) is 6. The summed E-state index contributed by atoms with van der Waals surface area (Å²) in [6, 6.07) is 18.5. The van der Waals surface area contributed by atoms with Crippen molar-refractivity contribution in [1.82, 2.24) is 19.6 Å². The summed E-state index contributed by atoms with van der Waals surface area (Å²) in [4.78, 5) is 9.08. The van der Waals surface area contributed by atoms with Crippen LogP contribution in [0.15, 0.2) is 67.0 Å². The Kier molecular flexibility index (Phi) is 5.13. The number of rotatable bonds is 5. The summed E-state index contributed by atoms with van der Waals surface area (Å²) in [6.45, 7) is 0.732. The second-order valence-corrected chi connectivity index (χ2v) is 8.40. The van der Waals surface area contributed by atoms with Crippen LogP contribution in [0.25, 0.3) is 16.9 Å². The maximum atomic E-state index is 6.72. The van der Waals surface area contributed by atoms with Crippen LogP contribution < -0.4 is 16.8 Å². The monoisotopic (exact) mass is 413 g/mol. The van der Waals surface area contributed by atoms with Gasteiger partial charge in [0.15, 0.2) is 5.65 Å². The summed E-state index contributed by atoms with van der Waals surface area (Å²) in [5.41, 5.74) is 17.1. The number of nitrogens with zero attached hydrogens (tertiary/aromatic N) is 4. The summed E-state index contributed by atoms with van der Waals surface area (Å²) in [6.07, 6.45) is 7.23. The summed E-state index contributed by atoms with van der Waals surface area (Å²) in [7, 11) is 0. The van der Waals surface area contributed by atoms with E-state index in [1.807, 2.05) is 59.4 Å². The highest BCUT2D eigenvalue weighted by Crippen LogP contribution is 2.33. The highest BCUT2D eigenvalue weighted by atomic mass is 15.3. The molecule has 1 saturated carbocycles. The fourth-order valence-corrected chi connectivity index (χ4v) is 4.19. The van der Waals surface area contributed by atoms with Crippen molar-refractivity contribution in [2.75, 3.05) is 5.32 Å². The maximum absolute atomic E-state index is 6.72. The van der Waals surface area contributed by atoms with Gasteiger partial charge in [0.2, 0.25) is 0 Å². The molecular weight excluding hydrogens is 386 g/mol. The molecule has 5 rings (SSSR count). The molecule has 1 aliphatic rings. The van der Waals surface area contributed by atoms with Crippen LogP contribution >= 0.6 is 0 Å². The molecular formula is C24H27N7. The fourth-order valence-electron chi connectivity index (χ4n) is 4.19. The van der Waals surface area contributed by atoms with E-state index in [9.17, 15) is 0 Å². The fraction of sp³-hybridized carbons (Fsp3) is 0.292. The normalized spacial score (nSPS) is 21.3. The number of imidazole rings is 1. The van der Waals surface area contributed by atoms with Gasteiger partial charge < -0.3 is 16.8 Å². The molecule has 0 amide bonds. The molecule has 1 fully saturated rings. The minimum Gasteiger partial charge on any atom is -0.366 e. The Balaban J connectivity index is 1.38. The molecule has 0 spiro atoms. The van der Waals surface area contributed by atoms with Crippen LogP contribution in [0.4, 0.5) is 5.82 Å². The Hall–Kier alpha value is -3.29. The van der Waals surface area contributed by atoms with Crippen molar-refractivity contribution < 1.29 is 0 Å². The average molecular weight is 414 g/mol. The molecule has 3 heterocycles. The second kappa shape index (κ2) is 8.09. The third-order valence-electron chi connectivity index (χ3n) is 6.17. The number of aromatic nitrogens is 4. The standard InChI is InChI=1S/C24H27N7/c25-19-10-12-24(26,13-11-19)21-7-9-23-29-16-20(31(23)30-21)18-6-8-22(28-15-18)27-14-17-4-2-1-3-5-17/h1-9,15-16,19H,10-14,25-26H2,(H,27,28)/t19-,24+. The average Bonchev–Trinajstić information content (AvgIpc) is 3.24. The highest BCUT2D eigenvalue weighted by molar-refractivity contribution is 5.63. The molecule has 0 radical (unpaired) electrons. The first-order valence-electron chi connectivity index (χ1n) is 10.7. The van der Waals surface area contributed by atoms with E-state index in [0.717, 1.165) is 60.6 Å². The van der Waals surface area contributed by atoms with Crippen molar-refractivity contribution >= 4 is 11.5 Å².